The Labute approximate surface area is 105 Å². The van der Waals surface area contributed by atoms with Crippen LogP contribution < -0.4 is 5.32 Å². The Morgan fingerprint density at radius 2 is 2.12 bits per heavy atom. The highest BCUT2D eigenvalue weighted by Crippen LogP contribution is 2.43. The van der Waals surface area contributed by atoms with Gasteiger partial charge in [-0.15, -0.1) is 5.92 Å². The van der Waals surface area contributed by atoms with Gasteiger partial charge in [-0.2, -0.15) is 0 Å². The van der Waals surface area contributed by atoms with Gasteiger partial charge in [0.15, 0.2) is 0 Å². The van der Waals surface area contributed by atoms with Crippen LogP contribution in [-0.2, 0) is 6.42 Å². The lowest BCUT2D eigenvalue weighted by Crippen LogP contribution is -2.38. The highest BCUT2D eigenvalue weighted by molar-refractivity contribution is 5.34. The van der Waals surface area contributed by atoms with Crippen LogP contribution in [0.25, 0.3) is 0 Å². The van der Waals surface area contributed by atoms with Crippen LogP contribution in [0.1, 0.15) is 44.4 Å². The molecule has 1 heteroatoms. The molecule has 0 amide bonds. The molecular weight excluding hydrogens is 206 g/mol. The number of hydrogen-bond donors (Lipinski definition) is 1. The van der Waals surface area contributed by atoms with E-state index in [0.29, 0.717) is 11.5 Å². The summed E-state index contributed by atoms with van der Waals surface area (Å²) in [6, 6.07) is 9.21. The summed E-state index contributed by atoms with van der Waals surface area (Å²) in [7, 11) is 0. The fourth-order valence-electron chi connectivity index (χ4n) is 2.69. The van der Waals surface area contributed by atoms with Gasteiger partial charge in [-0.25, -0.2) is 0 Å². The molecule has 1 aliphatic rings. The van der Waals surface area contributed by atoms with Crippen molar-refractivity contribution in [1.82, 2.24) is 5.32 Å². The van der Waals surface area contributed by atoms with Gasteiger partial charge in [0, 0.05) is 6.04 Å². The van der Waals surface area contributed by atoms with E-state index in [0.717, 1.165) is 6.54 Å². The molecule has 1 aromatic carbocycles. The van der Waals surface area contributed by atoms with E-state index in [1.54, 1.807) is 0 Å². The lowest BCUT2D eigenvalue weighted by molar-refractivity contribution is 0.215. The van der Waals surface area contributed by atoms with Crippen molar-refractivity contribution >= 4 is 0 Å². The predicted molar refractivity (Wildman–Crippen MR) is 72.7 cm³/mol. The Kier molecular flexibility index (Phi) is 3.54. The first-order valence-electron chi connectivity index (χ1n) is 6.36. The van der Waals surface area contributed by atoms with E-state index in [2.05, 4.69) is 55.3 Å². The third-order valence-corrected chi connectivity index (χ3v) is 3.76. The van der Waals surface area contributed by atoms with Gasteiger partial charge in [0.1, 0.15) is 0 Å². The molecule has 1 N–H and O–H groups in total. The Balaban J connectivity index is 2.27. The number of fused-ring (bicyclic) bond motifs is 1. The Bertz CT molecular complexity index is 448. The zero-order valence-corrected chi connectivity index (χ0v) is 11.0. The van der Waals surface area contributed by atoms with Crippen molar-refractivity contribution in [3.8, 4) is 11.8 Å². The molecule has 1 aliphatic carbocycles. The summed E-state index contributed by atoms with van der Waals surface area (Å²) in [4.78, 5) is 0. The molecule has 0 heterocycles. The first-order chi connectivity index (χ1) is 8.15. The van der Waals surface area contributed by atoms with Gasteiger partial charge in [-0.05, 0) is 36.3 Å². The summed E-state index contributed by atoms with van der Waals surface area (Å²) in [5, 5.41) is 3.60. The van der Waals surface area contributed by atoms with E-state index in [1.165, 1.54) is 24.0 Å². The molecule has 0 spiro atoms. The number of rotatable bonds is 2. The predicted octanol–water partition coefficient (Wildman–Crippen LogP) is 3.31. The average Bonchev–Trinajstić information content (AvgIpc) is 2.32. The molecule has 0 aromatic heterocycles. The highest BCUT2D eigenvalue weighted by Gasteiger charge is 2.34. The van der Waals surface area contributed by atoms with Crippen molar-refractivity contribution < 1.29 is 0 Å². The molecule has 2 rings (SSSR count). The van der Waals surface area contributed by atoms with E-state index in [9.17, 15) is 0 Å². The minimum absolute atomic E-state index is 0.309. The summed E-state index contributed by atoms with van der Waals surface area (Å²) in [6.07, 6.45) is 2.43. The zero-order chi connectivity index (χ0) is 12.3. The van der Waals surface area contributed by atoms with E-state index in [-0.39, 0.29) is 0 Å². The van der Waals surface area contributed by atoms with Crippen molar-refractivity contribution in [3.63, 3.8) is 0 Å². The Morgan fingerprint density at radius 3 is 2.88 bits per heavy atom. The lowest BCUT2D eigenvalue weighted by atomic mass is 9.70. The van der Waals surface area contributed by atoms with Crippen LogP contribution in [0.2, 0.25) is 0 Å². The molecule has 0 saturated carbocycles. The van der Waals surface area contributed by atoms with E-state index >= 15 is 0 Å². The van der Waals surface area contributed by atoms with E-state index in [1.807, 2.05) is 6.92 Å². The highest BCUT2D eigenvalue weighted by atomic mass is 14.9. The zero-order valence-electron chi connectivity index (χ0n) is 11.0. The molecule has 1 unspecified atom stereocenters. The Hall–Kier alpha value is -1.26. The van der Waals surface area contributed by atoms with Crippen LogP contribution in [0, 0.1) is 17.3 Å². The molecule has 0 fully saturated rings. The van der Waals surface area contributed by atoms with Crippen molar-refractivity contribution in [2.45, 2.75) is 39.7 Å². The second-order valence-electron chi connectivity index (χ2n) is 5.43. The SMILES string of the molecule is CC#CCNC1c2ccccc2CCC1(C)C. The van der Waals surface area contributed by atoms with Crippen LogP contribution in [0.4, 0.5) is 0 Å². The largest absolute Gasteiger partial charge is 0.299 e. The second-order valence-corrected chi connectivity index (χ2v) is 5.43. The molecule has 0 radical (unpaired) electrons. The molecule has 1 nitrogen and oxygen atoms in total. The van der Waals surface area contributed by atoms with Gasteiger partial charge in [0.05, 0.1) is 6.54 Å². The average molecular weight is 227 g/mol. The third kappa shape index (κ3) is 2.53. The third-order valence-electron chi connectivity index (χ3n) is 3.76. The number of benzene rings is 1. The molecule has 1 atom stereocenters. The molecule has 0 saturated heterocycles. The molecule has 0 aliphatic heterocycles. The van der Waals surface area contributed by atoms with Gasteiger partial charge in [0.25, 0.3) is 0 Å². The van der Waals surface area contributed by atoms with Crippen LogP contribution in [0.3, 0.4) is 0 Å². The number of hydrogen-bond acceptors (Lipinski definition) is 1. The molecule has 17 heavy (non-hydrogen) atoms. The smallest absolute Gasteiger partial charge is 0.0581 e. The van der Waals surface area contributed by atoms with Crippen LogP contribution in [0.15, 0.2) is 24.3 Å². The summed E-state index contributed by atoms with van der Waals surface area (Å²) in [6.45, 7) is 7.36. The lowest BCUT2D eigenvalue weighted by Gasteiger charge is -2.40. The van der Waals surface area contributed by atoms with Gasteiger partial charge < -0.3 is 0 Å². The number of aryl methyl sites for hydroxylation is 1. The monoisotopic (exact) mass is 227 g/mol. The second kappa shape index (κ2) is 4.94. The van der Waals surface area contributed by atoms with Gasteiger partial charge in [-0.3, -0.25) is 5.32 Å². The summed E-state index contributed by atoms with van der Waals surface area (Å²) in [5.74, 6) is 6.05. The maximum atomic E-state index is 3.60. The topological polar surface area (TPSA) is 12.0 Å². The minimum atomic E-state index is 0.309. The molecule has 90 valence electrons. The van der Waals surface area contributed by atoms with Crippen LogP contribution in [0.5, 0.6) is 0 Å². The maximum Gasteiger partial charge on any atom is 0.0581 e. The first-order valence-corrected chi connectivity index (χ1v) is 6.36. The standard InChI is InChI=1S/C16H21N/c1-4-5-12-17-15-14-9-7-6-8-13(14)10-11-16(15,2)3/h6-9,15,17H,10-12H2,1-3H3. The normalized spacial score (nSPS) is 21.2. The van der Waals surface area contributed by atoms with Crippen molar-refractivity contribution in [2.24, 2.45) is 5.41 Å². The van der Waals surface area contributed by atoms with Crippen LogP contribution in [-0.4, -0.2) is 6.54 Å². The van der Waals surface area contributed by atoms with Crippen molar-refractivity contribution in [3.05, 3.63) is 35.4 Å². The fourth-order valence-corrected chi connectivity index (χ4v) is 2.69. The molecular formula is C16H21N. The number of nitrogens with one attached hydrogen (secondary N) is 1. The van der Waals surface area contributed by atoms with Crippen molar-refractivity contribution in [1.29, 1.82) is 0 Å². The Morgan fingerprint density at radius 1 is 1.35 bits per heavy atom. The first kappa shape index (κ1) is 12.2. The van der Waals surface area contributed by atoms with Gasteiger partial charge in [0.2, 0.25) is 0 Å². The summed E-state index contributed by atoms with van der Waals surface area (Å²) < 4.78 is 0. The van der Waals surface area contributed by atoms with Crippen molar-refractivity contribution in [2.75, 3.05) is 6.54 Å². The maximum absolute atomic E-state index is 3.60. The minimum Gasteiger partial charge on any atom is -0.299 e. The van der Waals surface area contributed by atoms with Crippen LogP contribution >= 0.6 is 0 Å². The quantitative estimate of drug-likeness (QED) is 0.764. The van der Waals surface area contributed by atoms with E-state index < -0.39 is 0 Å². The summed E-state index contributed by atoms with van der Waals surface area (Å²) >= 11 is 0. The molecule has 0 bridgehead atoms. The van der Waals surface area contributed by atoms with E-state index in [4.69, 9.17) is 0 Å². The van der Waals surface area contributed by atoms with Gasteiger partial charge >= 0.3 is 0 Å². The fraction of sp³-hybridized carbons (Fsp3) is 0.500. The summed E-state index contributed by atoms with van der Waals surface area (Å²) in [5.41, 5.74) is 3.26. The molecule has 1 aromatic rings. The van der Waals surface area contributed by atoms with Gasteiger partial charge in [-0.1, -0.05) is 44.0 Å².